The summed E-state index contributed by atoms with van der Waals surface area (Å²) in [6.07, 6.45) is 0.224. The molecule has 0 radical (unpaired) electrons. The SMILES string of the molecule is CCOc1ccc(N2C[C@@H](C(=O)NCc3ccc(OC)cc3)CC2=O)cc1. The number of carbonyl (C=O) groups excluding carboxylic acids is 2. The molecule has 0 spiro atoms. The van der Waals surface area contributed by atoms with E-state index in [1.54, 1.807) is 12.0 Å². The van der Waals surface area contributed by atoms with Crippen LogP contribution in [0.25, 0.3) is 0 Å². The molecule has 27 heavy (non-hydrogen) atoms. The van der Waals surface area contributed by atoms with E-state index in [9.17, 15) is 9.59 Å². The van der Waals surface area contributed by atoms with Gasteiger partial charge in [0.15, 0.2) is 0 Å². The third kappa shape index (κ3) is 4.58. The van der Waals surface area contributed by atoms with Gasteiger partial charge in [0.05, 0.1) is 19.6 Å². The normalized spacial score (nSPS) is 16.3. The van der Waals surface area contributed by atoms with E-state index in [4.69, 9.17) is 9.47 Å². The number of ether oxygens (including phenoxy) is 2. The Morgan fingerprint density at radius 2 is 1.78 bits per heavy atom. The summed E-state index contributed by atoms with van der Waals surface area (Å²) in [5, 5.41) is 2.92. The lowest BCUT2D eigenvalue weighted by Gasteiger charge is -2.17. The summed E-state index contributed by atoms with van der Waals surface area (Å²) in [4.78, 5) is 26.5. The van der Waals surface area contributed by atoms with Crippen LogP contribution in [0.3, 0.4) is 0 Å². The second-order valence-corrected chi connectivity index (χ2v) is 6.40. The van der Waals surface area contributed by atoms with Crippen LogP contribution < -0.4 is 19.7 Å². The van der Waals surface area contributed by atoms with Crippen LogP contribution in [-0.4, -0.2) is 32.1 Å². The molecule has 1 heterocycles. The minimum Gasteiger partial charge on any atom is -0.497 e. The minimum atomic E-state index is -0.345. The monoisotopic (exact) mass is 368 g/mol. The van der Waals surface area contributed by atoms with Gasteiger partial charge in [-0.1, -0.05) is 12.1 Å². The lowest BCUT2D eigenvalue weighted by Crippen LogP contribution is -2.32. The number of methoxy groups -OCH3 is 1. The van der Waals surface area contributed by atoms with Gasteiger partial charge in [0, 0.05) is 25.2 Å². The van der Waals surface area contributed by atoms with Crippen LogP contribution >= 0.6 is 0 Å². The van der Waals surface area contributed by atoms with E-state index in [0.717, 1.165) is 22.7 Å². The molecule has 142 valence electrons. The molecule has 1 saturated heterocycles. The molecule has 0 unspecified atom stereocenters. The first-order valence-corrected chi connectivity index (χ1v) is 9.04. The predicted molar refractivity (Wildman–Crippen MR) is 103 cm³/mol. The van der Waals surface area contributed by atoms with Gasteiger partial charge >= 0.3 is 0 Å². The average Bonchev–Trinajstić information content (AvgIpc) is 3.09. The predicted octanol–water partition coefficient (Wildman–Crippen LogP) is 2.76. The summed E-state index contributed by atoms with van der Waals surface area (Å²) < 4.78 is 10.5. The van der Waals surface area contributed by atoms with Crippen molar-refractivity contribution in [1.29, 1.82) is 0 Å². The van der Waals surface area contributed by atoms with Crippen molar-refractivity contribution in [1.82, 2.24) is 5.32 Å². The largest absolute Gasteiger partial charge is 0.497 e. The van der Waals surface area contributed by atoms with E-state index in [2.05, 4.69) is 5.32 Å². The van der Waals surface area contributed by atoms with Crippen molar-refractivity contribution < 1.29 is 19.1 Å². The van der Waals surface area contributed by atoms with E-state index < -0.39 is 0 Å². The highest BCUT2D eigenvalue weighted by Crippen LogP contribution is 2.27. The van der Waals surface area contributed by atoms with Crippen molar-refractivity contribution in [2.75, 3.05) is 25.2 Å². The number of anilines is 1. The number of amides is 2. The van der Waals surface area contributed by atoms with Gasteiger partial charge < -0.3 is 19.7 Å². The van der Waals surface area contributed by atoms with Crippen LogP contribution in [0.1, 0.15) is 18.9 Å². The van der Waals surface area contributed by atoms with E-state index in [-0.39, 0.29) is 24.2 Å². The Labute approximate surface area is 159 Å². The highest BCUT2D eigenvalue weighted by Gasteiger charge is 2.34. The highest BCUT2D eigenvalue weighted by atomic mass is 16.5. The Hall–Kier alpha value is -3.02. The maximum atomic E-state index is 12.5. The molecule has 0 aliphatic carbocycles. The molecule has 2 aromatic carbocycles. The molecular weight excluding hydrogens is 344 g/mol. The van der Waals surface area contributed by atoms with Crippen molar-refractivity contribution >= 4 is 17.5 Å². The molecular formula is C21H24N2O4. The molecule has 3 rings (SSSR count). The van der Waals surface area contributed by atoms with E-state index >= 15 is 0 Å². The van der Waals surface area contributed by atoms with Gasteiger partial charge in [-0.05, 0) is 48.9 Å². The Morgan fingerprint density at radius 3 is 2.41 bits per heavy atom. The first-order valence-electron chi connectivity index (χ1n) is 9.04. The minimum absolute atomic E-state index is 0.0382. The van der Waals surface area contributed by atoms with Gasteiger partial charge in [-0.15, -0.1) is 0 Å². The van der Waals surface area contributed by atoms with Crippen LogP contribution in [0.5, 0.6) is 11.5 Å². The van der Waals surface area contributed by atoms with E-state index in [1.165, 1.54) is 0 Å². The lowest BCUT2D eigenvalue weighted by molar-refractivity contribution is -0.126. The van der Waals surface area contributed by atoms with Crippen LogP contribution in [0, 0.1) is 5.92 Å². The number of benzene rings is 2. The zero-order valence-corrected chi connectivity index (χ0v) is 15.6. The molecule has 1 fully saturated rings. The van der Waals surface area contributed by atoms with Gasteiger partial charge in [0.25, 0.3) is 0 Å². The Bertz CT molecular complexity index is 787. The first kappa shape index (κ1) is 18.8. The number of carbonyl (C=O) groups is 2. The molecule has 1 atom stereocenters. The molecule has 0 saturated carbocycles. The molecule has 6 nitrogen and oxygen atoms in total. The van der Waals surface area contributed by atoms with Gasteiger partial charge in [0.1, 0.15) is 11.5 Å². The summed E-state index contributed by atoms with van der Waals surface area (Å²) in [6, 6.07) is 14.9. The fraction of sp³-hybridized carbons (Fsp3) is 0.333. The summed E-state index contributed by atoms with van der Waals surface area (Å²) in [6.45, 7) is 3.34. The fourth-order valence-electron chi connectivity index (χ4n) is 3.10. The number of rotatable bonds is 7. The van der Waals surface area contributed by atoms with Gasteiger partial charge in [0.2, 0.25) is 11.8 Å². The summed E-state index contributed by atoms with van der Waals surface area (Å²) in [5.41, 5.74) is 1.77. The Morgan fingerprint density at radius 1 is 1.11 bits per heavy atom. The topological polar surface area (TPSA) is 67.9 Å². The zero-order chi connectivity index (χ0) is 19.2. The first-order chi connectivity index (χ1) is 13.1. The Balaban J connectivity index is 1.56. The number of hydrogen-bond acceptors (Lipinski definition) is 4. The van der Waals surface area contributed by atoms with E-state index in [1.807, 2.05) is 55.5 Å². The van der Waals surface area contributed by atoms with Gasteiger partial charge in [-0.25, -0.2) is 0 Å². The second kappa shape index (κ2) is 8.58. The van der Waals surface area contributed by atoms with Crippen molar-refractivity contribution in [3.8, 4) is 11.5 Å². The fourth-order valence-corrected chi connectivity index (χ4v) is 3.10. The van der Waals surface area contributed by atoms with Crippen LogP contribution in [0.4, 0.5) is 5.69 Å². The quantitative estimate of drug-likeness (QED) is 0.816. The van der Waals surface area contributed by atoms with Crippen LogP contribution in [-0.2, 0) is 16.1 Å². The number of hydrogen-bond donors (Lipinski definition) is 1. The molecule has 1 aliphatic heterocycles. The van der Waals surface area contributed by atoms with Gasteiger partial charge in [-0.3, -0.25) is 9.59 Å². The van der Waals surface area contributed by atoms with Crippen LogP contribution in [0.2, 0.25) is 0 Å². The maximum absolute atomic E-state index is 12.5. The smallest absolute Gasteiger partial charge is 0.227 e. The molecule has 1 aliphatic rings. The molecule has 0 bridgehead atoms. The summed E-state index contributed by atoms with van der Waals surface area (Å²) in [7, 11) is 1.62. The van der Waals surface area contributed by atoms with E-state index in [0.29, 0.717) is 19.7 Å². The molecule has 6 heteroatoms. The molecule has 1 N–H and O–H groups in total. The number of nitrogens with one attached hydrogen (secondary N) is 1. The van der Waals surface area contributed by atoms with Crippen molar-refractivity contribution in [3.63, 3.8) is 0 Å². The Kier molecular flexibility index (Phi) is 5.96. The van der Waals surface area contributed by atoms with Crippen molar-refractivity contribution in [2.45, 2.75) is 19.9 Å². The second-order valence-electron chi connectivity index (χ2n) is 6.40. The molecule has 2 aromatic rings. The maximum Gasteiger partial charge on any atom is 0.227 e. The van der Waals surface area contributed by atoms with Crippen molar-refractivity contribution in [3.05, 3.63) is 54.1 Å². The third-order valence-electron chi connectivity index (χ3n) is 4.58. The number of nitrogens with zero attached hydrogens (tertiary/aromatic N) is 1. The third-order valence-corrected chi connectivity index (χ3v) is 4.58. The molecule has 0 aromatic heterocycles. The summed E-state index contributed by atoms with van der Waals surface area (Å²) in [5.74, 6) is 1.05. The standard InChI is InChI=1S/C21H24N2O4/c1-3-27-19-10-6-17(7-11-19)23-14-16(12-20(23)24)21(25)22-13-15-4-8-18(26-2)9-5-15/h4-11,16H,3,12-14H2,1-2H3,(H,22,25)/t16-/m0/s1. The van der Waals surface area contributed by atoms with Crippen molar-refractivity contribution in [2.24, 2.45) is 5.92 Å². The zero-order valence-electron chi connectivity index (χ0n) is 15.6. The lowest BCUT2D eigenvalue weighted by atomic mass is 10.1. The highest BCUT2D eigenvalue weighted by molar-refractivity contribution is 6.00. The average molecular weight is 368 g/mol. The summed E-state index contributed by atoms with van der Waals surface area (Å²) >= 11 is 0. The molecule has 2 amide bonds. The van der Waals surface area contributed by atoms with Crippen LogP contribution in [0.15, 0.2) is 48.5 Å². The van der Waals surface area contributed by atoms with Gasteiger partial charge in [-0.2, -0.15) is 0 Å².